The number of hydrogen-bond acceptors (Lipinski definition) is 3. The minimum absolute atomic E-state index is 0.167. The Morgan fingerprint density at radius 2 is 1.81 bits per heavy atom. The van der Waals surface area contributed by atoms with Crippen molar-refractivity contribution in [2.75, 3.05) is 23.3 Å². The molecule has 0 unspecified atom stereocenters. The van der Waals surface area contributed by atoms with Crippen molar-refractivity contribution in [2.45, 2.75) is 19.3 Å². The highest BCUT2D eigenvalue weighted by Gasteiger charge is 2.14. The number of anilines is 2. The van der Waals surface area contributed by atoms with Gasteiger partial charge in [0.15, 0.2) is 0 Å². The van der Waals surface area contributed by atoms with Crippen LogP contribution >= 0.6 is 0 Å². The van der Waals surface area contributed by atoms with E-state index in [2.05, 4.69) is 15.2 Å². The molecule has 4 heteroatoms. The van der Waals surface area contributed by atoms with Crippen LogP contribution in [0.4, 0.5) is 11.4 Å². The molecule has 0 radical (unpaired) electrons. The summed E-state index contributed by atoms with van der Waals surface area (Å²) in [5, 5.41) is 2.87. The second kappa shape index (κ2) is 6.39. The van der Waals surface area contributed by atoms with Crippen LogP contribution in [0.2, 0.25) is 0 Å². The SMILES string of the molecule is O=C(Nc1ccccc1)c1cc(N2CCCCC2)ccn1. The van der Waals surface area contributed by atoms with Gasteiger partial charge in [-0.05, 0) is 43.5 Å². The highest BCUT2D eigenvalue weighted by Crippen LogP contribution is 2.20. The fraction of sp³-hybridized carbons (Fsp3) is 0.294. The summed E-state index contributed by atoms with van der Waals surface area (Å²) >= 11 is 0. The van der Waals surface area contributed by atoms with Gasteiger partial charge in [-0.25, -0.2) is 0 Å². The predicted molar refractivity (Wildman–Crippen MR) is 84.7 cm³/mol. The molecular formula is C17H19N3O. The third-order valence-corrected chi connectivity index (χ3v) is 3.73. The Morgan fingerprint density at radius 1 is 1.05 bits per heavy atom. The van der Waals surface area contributed by atoms with Gasteiger partial charge in [-0.3, -0.25) is 9.78 Å². The third kappa shape index (κ3) is 3.40. The van der Waals surface area contributed by atoms with Crippen LogP contribution < -0.4 is 10.2 Å². The zero-order valence-corrected chi connectivity index (χ0v) is 12.0. The molecule has 1 aliphatic heterocycles. The maximum absolute atomic E-state index is 12.3. The van der Waals surface area contributed by atoms with E-state index in [9.17, 15) is 4.79 Å². The molecule has 1 N–H and O–H groups in total. The summed E-state index contributed by atoms with van der Waals surface area (Å²) in [6.07, 6.45) is 5.44. The van der Waals surface area contributed by atoms with Crippen molar-refractivity contribution in [1.82, 2.24) is 4.98 Å². The topological polar surface area (TPSA) is 45.2 Å². The van der Waals surface area contributed by atoms with Crippen LogP contribution in [-0.4, -0.2) is 24.0 Å². The van der Waals surface area contributed by atoms with Crippen molar-refractivity contribution in [1.29, 1.82) is 0 Å². The molecule has 3 rings (SSSR count). The van der Waals surface area contributed by atoms with Crippen molar-refractivity contribution in [3.63, 3.8) is 0 Å². The molecule has 1 saturated heterocycles. The maximum atomic E-state index is 12.3. The Bertz CT molecular complexity index is 606. The lowest BCUT2D eigenvalue weighted by Gasteiger charge is -2.28. The number of carbonyl (C=O) groups excluding carboxylic acids is 1. The number of carbonyl (C=O) groups is 1. The number of hydrogen-bond donors (Lipinski definition) is 1. The molecule has 1 aliphatic rings. The van der Waals surface area contributed by atoms with E-state index < -0.39 is 0 Å². The fourth-order valence-corrected chi connectivity index (χ4v) is 2.61. The lowest BCUT2D eigenvalue weighted by Crippen LogP contribution is -2.29. The molecule has 0 saturated carbocycles. The highest BCUT2D eigenvalue weighted by atomic mass is 16.1. The Kier molecular flexibility index (Phi) is 4.15. The molecule has 0 atom stereocenters. The van der Waals surface area contributed by atoms with Gasteiger partial charge in [-0.15, -0.1) is 0 Å². The van der Waals surface area contributed by atoms with Crippen molar-refractivity contribution in [2.24, 2.45) is 0 Å². The van der Waals surface area contributed by atoms with Crippen LogP contribution in [0.15, 0.2) is 48.7 Å². The van der Waals surface area contributed by atoms with Gasteiger partial charge in [0.25, 0.3) is 5.91 Å². The number of nitrogens with zero attached hydrogens (tertiary/aromatic N) is 2. The lowest BCUT2D eigenvalue weighted by atomic mass is 10.1. The van der Waals surface area contributed by atoms with Gasteiger partial charge in [-0.1, -0.05) is 18.2 Å². The van der Waals surface area contributed by atoms with Gasteiger partial charge in [0.05, 0.1) is 0 Å². The summed E-state index contributed by atoms with van der Waals surface area (Å²) in [7, 11) is 0. The van der Waals surface area contributed by atoms with Crippen LogP contribution in [0.1, 0.15) is 29.8 Å². The Labute approximate surface area is 124 Å². The molecule has 1 amide bonds. The molecule has 2 heterocycles. The van der Waals surface area contributed by atoms with Gasteiger partial charge < -0.3 is 10.2 Å². The van der Waals surface area contributed by atoms with Crippen LogP contribution in [0.3, 0.4) is 0 Å². The van der Waals surface area contributed by atoms with Crippen LogP contribution in [0, 0.1) is 0 Å². The predicted octanol–water partition coefficient (Wildman–Crippen LogP) is 3.32. The molecule has 1 aromatic carbocycles. The van der Waals surface area contributed by atoms with Gasteiger partial charge in [0.1, 0.15) is 5.69 Å². The number of amides is 1. The van der Waals surface area contributed by atoms with Crippen molar-refractivity contribution in [3.8, 4) is 0 Å². The second-order valence-corrected chi connectivity index (χ2v) is 5.27. The molecule has 1 fully saturated rings. The van der Waals surface area contributed by atoms with E-state index in [1.54, 1.807) is 6.20 Å². The van der Waals surface area contributed by atoms with E-state index in [-0.39, 0.29) is 5.91 Å². The van der Waals surface area contributed by atoms with E-state index in [4.69, 9.17) is 0 Å². The number of piperidine rings is 1. The number of rotatable bonds is 3. The zero-order chi connectivity index (χ0) is 14.5. The van der Waals surface area contributed by atoms with E-state index >= 15 is 0 Å². The molecule has 4 nitrogen and oxygen atoms in total. The number of benzene rings is 1. The first kappa shape index (κ1) is 13.6. The summed E-state index contributed by atoms with van der Waals surface area (Å²) < 4.78 is 0. The molecule has 0 bridgehead atoms. The summed E-state index contributed by atoms with van der Waals surface area (Å²) in [6.45, 7) is 2.12. The Morgan fingerprint density at radius 3 is 2.57 bits per heavy atom. The van der Waals surface area contributed by atoms with Crippen molar-refractivity contribution >= 4 is 17.3 Å². The molecule has 0 spiro atoms. The summed E-state index contributed by atoms with van der Waals surface area (Å²) in [6, 6.07) is 13.3. The minimum Gasteiger partial charge on any atom is -0.371 e. The van der Waals surface area contributed by atoms with E-state index in [0.717, 1.165) is 24.5 Å². The van der Waals surface area contributed by atoms with Gasteiger partial charge in [0.2, 0.25) is 0 Å². The van der Waals surface area contributed by atoms with Crippen LogP contribution in [-0.2, 0) is 0 Å². The van der Waals surface area contributed by atoms with Crippen LogP contribution in [0.25, 0.3) is 0 Å². The number of nitrogens with one attached hydrogen (secondary N) is 1. The Hall–Kier alpha value is -2.36. The number of pyridine rings is 1. The first-order valence-corrected chi connectivity index (χ1v) is 7.40. The summed E-state index contributed by atoms with van der Waals surface area (Å²) in [4.78, 5) is 18.8. The molecule has 0 aliphatic carbocycles. The molecule has 108 valence electrons. The third-order valence-electron chi connectivity index (χ3n) is 3.73. The van der Waals surface area contributed by atoms with Crippen molar-refractivity contribution < 1.29 is 4.79 Å². The first-order valence-electron chi connectivity index (χ1n) is 7.40. The molecule has 2 aromatic rings. The smallest absolute Gasteiger partial charge is 0.274 e. The van der Waals surface area contributed by atoms with E-state index in [1.807, 2.05) is 42.5 Å². The first-order chi connectivity index (χ1) is 10.3. The molecule has 1 aromatic heterocycles. The second-order valence-electron chi connectivity index (χ2n) is 5.27. The molecule has 21 heavy (non-hydrogen) atoms. The standard InChI is InChI=1S/C17H19N3O/c21-17(19-14-7-3-1-4-8-14)16-13-15(9-10-18-16)20-11-5-2-6-12-20/h1,3-4,7-10,13H,2,5-6,11-12H2,(H,19,21). The minimum atomic E-state index is -0.167. The maximum Gasteiger partial charge on any atom is 0.274 e. The lowest BCUT2D eigenvalue weighted by molar-refractivity contribution is 0.102. The van der Waals surface area contributed by atoms with E-state index in [0.29, 0.717) is 5.69 Å². The average molecular weight is 281 g/mol. The quantitative estimate of drug-likeness (QED) is 0.938. The fourth-order valence-electron chi connectivity index (χ4n) is 2.61. The monoisotopic (exact) mass is 281 g/mol. The van der Waals surface area contributed by atoms with Gasteiger partial charge >= 0.3 is 0 Å². The summed E-state index contributed by atoms with van der Waals surface area (Å²) in [5.74, 6) is -0.167. The average Bonchev–Trinajstić information content (AvgIpc) is 2.57. The number of para-hydroxylation sites is 1. The Balaban J connectivity index is 1.74. The normalized spacial score (nSPS) is 14.8. The summed E-state index contributed by atoms with van der Waals surface area (Å²) in [5.41, 5.74) is 2.33. The van der Waals surface area contributed by atoms with Crippen LogP contribution in [0.5, 0.6) is 0 Å². The van der Waals surface area contributed by atoms with Gasteiger partial charge in [0, 0.05) is 30.7 Å². The largest absolute Gasteiger partial charge is 0.371 e. The zero-order valence-electron chi connectivity index (χ0n) is 12.0. The highest BCUT2D eigenvalue weighted by molar-refractivity contribution is 6.03. The molecular weight excluding hydrogens is 262 g/mol. The number of aromatic nitrogens is 1. The van der Waals surface area contributed by atoms with E-state index in [1.165, 1.54) is 19.3 Å². The van der Waals surface area contributed by atoms with Gasteiger partial charge in [-0.2, -0.15) is 0 Å². The van der Waals surface area contributed by atoms with Crippen molar-refractivity contribution in [3.05, 3.63) is 54.4 Å².